The molecule has 1 aliphatic heterocycles. The predicted octanol–water partition coefficient (Wildman–Crippen LogP) is 2.93. The van der Waals surface area contributed by atoms with Crippen LogP contribution >= 0.6 is 0 Å². The molecule has 96 valence electrons. The van der Waals surface area contributed by atoms with E-state index >= 15 is 0 Å². The van der Waals surface area contributed by atoms with Gasteiger partial charge in [-0.1, -0.05) is 13.3 Å². The molecule has 1 N–H and O–H groups in total. The number of piperidine rings is 1. The average Bonchev–Trinajstić information content (AvgIpc) is 2.76. The van der Waals surface area contributed by atoms with E-state index in [0.29, 0.717) is 18.1 Å². The summed E-state index contributed by atoms with van der Waals surface area (Å²) in [5, 5.41) is 8.34. The van der Waals surface area contributed by atoms with Crippen molar-refractivity contribution in [1.82, 2.24) is 15.1 Å². The highest BCUT2D eigenvalue weighted by molar-refractivity contribution is 5.03. The minimum absolute atomic E-state index is 0.516. The van der Waals surface area contributed by atoms with Crippen LogP contribution in [0.5, 0.6) is 0 Å². The van der Waals surface area contributed by atoms with Crippen LogP contribution in [0.3, 0.4) is 0 Å². The summed E-state index contributed by atoms with van der Waals surface area (Å²) in [7, 11) is 0. The van der Waals surface area contributed by atoms with Crippen molar-refractivity contribution < 1.29 is 0 Å². The van der Waals surface area contributed by atoms with E-state index in [1.807, 2.05) is 0 Å². The molecule has 0 amide bonds. The van der Waals surface area contributed by atoms with E-state index in [1.54, 1.807) is 0 Å². The lowest BCUT2D eigenvalue weighted by molar-refractivity contribution is 0.331. The minimum Gasteiger partial charge on any atom is -0.311 e. The molecule has 0 aliphatic carbocycles. The molecule has 2 heterocycles. The molecule has 3 unspecified atom stereocenters. The van der Waals surface area contributed by atoms with Gasteiger partial charge in [0.2, 0.25) is 0 Å². The molecule has 0 aromatic carbocycles. The van der Waals surface area contributed by atoms with Crippen LogP contribution in [-0.2, 0) is 6.42 Å². The second-order valence-corrected chi connectivity index (χ2v) is 5.44. The quantitative estimate of drug-likeness (QED) is 0.869. The van der Waals surface area contributed by atoms with Crippen molar-refractivity contribution in [3.05, 3.63) is 18.0 Å². The van der Waals surface area contributed by atoms with Gasteiger partial charge in [-0.15, -0.1) is 0 Å². The summed E-state index contributed by atoms with van der Waals surface area (Å²) < 4.78 is 2.10. The van der Waals surface area contributed by atoms with Crippen LogP contribution in [-0.4, -0.2) is 21.9 Å². The van der Waals surface area contributed by atoms with Crippen LogP contribution in [0.15, 0.2) is 12.3 Å². The Morgan fingerprint density at radius 1 is 1.53 bits per heavy atom. The van der Waals surface area contributed by atoms with Crippen LogP contribution in [0.2, 0.25) is 0 Å². The van der Waals surface area contributed by atoms with Crippen molar-refractivity contribution >= 4 is 0 Å². The van der Waals surface area contributed by atoms with E-state index in [9.17, 15) is 0 Å². The Hall–Kier alpha value is -0.830. The number of aromatic nitrogens is 2. The van der Waals surface area contributed by atoms with E-state index in [1.165, 1.54) is 25.0 Å². The summed E-state index contributed by atoms with van der Waals surface area (Å²) in [6.45, 7) is 6.71. The Balaban J connectivity index is 1.92. The summed E-state index contributed by atoms with van der Waals surface area (Å²) in [5.41, 5.74) is 1.23. The van der Waals surface area contributed by atoms with Crippen molar-refractivity contribution in [2.45, 2.75) is 71.0 Å². The standard InChI is InChI=1S/C14H25N3/c1-4-12(3)17-9-8-14(16-17)10-13-7-5-6-11(2)15-13/h8-9,11-13,15H,4-7,10H2,1-3H3. The van der Waals surface area contributed by atoms with Crippen molar-refractivity contribution in [3.8, 4) is 0 Å². The maximum Gasteiger partial charge on any atom is 0.0640 e. The maximum absolute atomic E-state index is 4.68. The summed E-state index contributed by atoms with van der Waals surface area (Å²) in [4.78, 5) is 0. The molecule has 0 spiro atoms. The van der Waals surface area contributed by atoms with Gasteiger partial charge in [-0.25, -0.2) is 0 Å². The van der Waals surface area contributed by atoms with Gasteiger partial charge in [0.05, 0.1) is 5.69 Å². The highest BCUT2D eigenvalue weighted by atomic mass is 15.3. The lowest BCUT2D eigenvalue weighted by Gasteiger charge is -2.28. The predicted molar refractivity (Wildman–Crippen MR) is 71.2 cm³/mol. The zero-order valence-corrected chi connectivity index (χ0v) is 11.3. The minimum atomic E-state index is 0.516. The first-order chi connectivity index (χ1) is 8.19. The van der Waals surface area contributed by atoms with Crippen LogP contribution in [0.25, 0.3) is 0 Å². The van der Waals surface area contributed by atoms with Gasteiger partial charge >= 0.3 is 0 Å². The average molecular weight is 235 g/mol. The molecule has 1 aromatic heterocycles. The Labute approximate surface area is 105 Å². The normalized spacial score (nSPS) is 27.0. The first kappa shape index (κ1) is 12.6. The Bertz CT molecular complexity index is 345. The molecule has 3 nitrogen and oxygen atoms in total. The monoisotopic (exact) mass is 235 g/mol. The van der Waals surface area contributed by atoms with Gasteiger partial charge in [0.25, 0.3) is 0 Å². The van der Waals surface area contributed by atoms with E-state index in [4.69, 9.17) is 0 Å². The molecule has 3 atom stereocenters. The van der Waals surface area contributed by atoms with Crippen molar-refractivity contribution in [3.63, 3.8) is 0 Å². The van der Waals surface area contributed by atoms with Gasteiger partial charge in [-0.3, -0.25) is 4.68 Å². The molecule has 3 heteroatoms. The maximum atomic E-state index is 4.68. The number of hydrogen-bond donors (Lipinski definition) is 1. The number of nitrogens with zero attached hydrogens (tertiary/aromatic N) is 2. The summed E-state index contributed by atoms with van der Waals surface area (Å²) in [6.07, 6.45) is 8.30. The lowest BCUT2D eigenvalue weighted by atomic mass is 9.96. The molecule has 1 fully saturated rings. The fraction of sp³-hybridized carbons (Fsp3) is 0.786. The third-order valence-corrected chi connectivity index (χ3v) is 3.87. The third-order valence-electron chi connectivity index (χ3n) is 3.87. The second-order valence-electron chi connectivity index (χ2n) is 5.44. The van der Waals surface area contributed by atoms with E-state index in [2.05, 4.69) is 48.1 Å². The molecule has 0 saturated carbocycles. The van der Waals surface area contributed by atoms with E-state index in [0.717, 1.165) is 12.8 Å². The van der Waals surface area contributed by atoms with E-state index in [-0.39, 0.29) is 0 Å². The molecular formula is C14H25N3. The van der Waals surface area contributed by atoms with Crippen LogP contribution in [0.4, 0.5) is 0 Å². The Morgan fingerprint density at radius 3 is 3.06 bits per heavy atom. The second kappa shape index (κ2) is 5.67. The fourth-order valence-corrected chi connectivity index (χ4v) is 2.57. The summed E-state index contributed by atoms with van der Waals surface area (Å²) in [5.74, 6) is 0. The number of nitrogens with one attached hydrogen (secondary N) is 1. The number of rotatable bonds is 4. The zero-order chi connectivity index (χ0) is 12.3. The van der Waals surface area contributed by atoms with E-state index < -0.39 is 0 Å². The Morgan fingerprint density at radius 2 is 2.35 bits per heavy atom. The van der Waals surface area contributed by atoms with Gasteiger partial charge < -0.3 is 5.32 Å². The van der Waals surface area contributed by atoms with Gasteiger partial charge in [0.1, 0.15) is 0 Å². The van der Waals surface area contributed by atoms with Crippen LogP contribution < -0.4 is 5.32 Å². The van der Waals surface area contributed by atoms with Crippen molar-refractivity contribution in [1.29, 1.82) is 0 Å². The first-order valence-electron chi connectivity index (χ1n) is 6.99. The van der Waals surface area contributed by atoms with Gasteiger partial charge in [0, 0.05) is 30.7 Å². The SMILES string of the molecule is CCC(C)n1ccc(CC2CCCC(C)N2)n1. The molecule has 1 aromatic rings. The molecule has 0 radical (unpaired) electrons. The molecule has 17 heavy (non-hydrogen) atoms. The van der Waals surface area contributed by atoms with Gasteiger partial charge in [-0.2, -0.15) is 5.10 Å². The molecule has 1 saturated heterocycles. The van der Waals surface area contributed by atoms with Crippen LogP contribution in [0, 0.1) is 0 Å². The Kier molecular flexibility index (Phi) is 4.21. The number of hydrogen-bond acceptors (Lipinski definition) is 2. The van der Waals surface area contributed by atoms with Crippen molar-refractivity contribution in [2.75, 3.05) is 0 Å². The highest BCUT2D eigenvalue weighted by Crippen LogP contribution is 2.16. The molecular weight excluding hydrogens is 210 g/mol. The first-order valence-corrected chi connectivity index (χ1v) is 6.99. The lowest BCUT2D eigenvalue weighted by Crippen LogP contribution is -2.41. The van der Waals surface area contributed by atoms with Gasteiger partial charge in [-0.05, 0) is 39.2 Å². The molecule has 1 aliphatic rings. The van der Waals surface area contributed by atoms with Crippen LogP contribution in [0.1, 0.15) is 58.2 Å². The zero-order valence-electron chi connectivity index (χ0n) is 11.3. The van der Waals surface area contributed by atoms with Gasteiger partial charge in [0.15, 0.2) is 0 Å². The third kappa shape index (κ3) is 3.32. The fourth-order valence-electron chi connectivity index (χ4n) is 2.57. The highest BCUT2D eigenvalue weighted by Gasteiger charge is 2.18. The topological polar surface area (TPSA) is 29.9 Å². The molecule has 2 rings (SSSR count). The largest absolute Gasteiger partial charge is 0.311 e. The van der Waals surface area contributed by atoms with Crippen molar-refractivity contribution in [2.24, 2.45) is 0 Å². The summed E-state index contributed by atoms with van der Waals surface area (Å²) in [6, 6.07) is 3.99. The summed E-state index contributed by atoms with van der Waals surface area (Å²) >= 11 is 0. The molecule has 0 bridgehead atoms. The smallest absolute Gasteiger partial charge is 0.0640 e.